The van der Waals surface area contributed by atoms with Gasteiger partial charge in [-0.25, -0.2) is 17.6 Å². The number of aliphatic hydroxyl groups excluding tert-OH is 1. The molecule has 1 atom stereocenters. The molecule has 78 valence electrons. The Labute approximate surface area is 78.0 Å². The van der Waals surface area contributed by atoms with E-state index in [0.717, 1.165) is 12.1 Å². The van der Waals surface area contributed by atoms with E-state index in [4.69, 9.17) is 5.11 Å². The second-order valence-corrected chi connectivity index (χ2v) is 2.88. The van der Waals surface area contributed by atoms with Crippen LogP contribution in [0, 0.1) is 18.6 Å². The minimum atomic E-state index is -3.13. The standard InChI is InChI=1S/C9H8F4O/c1-4-2-3-5(7(11)6(4)10)8(14)9(12)13/h2-3,8-9,14H,1H3. The summed E-state index contributed by atoms with van der Waals surface area (Å²) in [5, 5.41) is 8.84. The van der Waals surface area contributed by atoms with Gasteiger partial charge in [0.15, 0.2) is 11.6 Å². The van der Waals surface area contributed by atoms with E-state index < -0.39 is 29.7 Å². The topological polar surface area (TPSA) is 20.2 Å². The number of halogens is 4. The van der Waals surface area contributed by atoms with Gasteiger partial charge in [-0.05, 0) is 12.5 Å². The summed E-state index contributed by atoms with van der Waals surface area (Å²) in [6, 6.07) is 2.09. The zero-order chi connectivity index (χ0) is 10.9. The van der Waals surface area contributed by atoms with Crippen molar-refractivity contribution in [1.29, 1.82) is 0 Å². The molecule has 0 aliphatic carbocycles. The van der Waals surface area contributed by atoms with E-state index in [1.165, 1.54) is 6.92 Å². The first-order valence-electron chi connectivity index (χ1n) is 3.86. The number of rotatable bonds is 2. The maximum atomic E-state index is 13.0. The fourth-order valence-electron chi connectivity index (χ4n) is 1.03. The second kappa shape index (κ2) is 3.96. The molecule has 0 radical (unpaired) electrons. The Morgan fingerprint density at radius 3 is 2.21 bits per heavy atom. The van der Waals surface area contributed by atoms with E-state index in [0.29, 0.717) is 0 Å². The maximum absolute atomic E-state index is 13.0. The fraction of sp³-hybridized carbons (Fsp3) is 0.333. The highest BCUT2D eigenvalue weighted by Crippen LogP contribution is 2.25. The zero-order valence-electron chi connectivity index (χ0n) is 7.27. The zero-order valence-corrected chi connectivity index (χ0v) is 7.27. The largest absolute Gasteiger partial charge is 0.382 e. The number of aliphatic hydroxyl groups is 1. The number of hydrogen-bond acceptors (Lipinski definition) is 1. The maximum Gasteiger partial charge on any atom is 0.268 e. The van der Waals surface area contributed by atoms with Crippen molar-refractivity contribution in [2.24, 2.45) is 0 Å². The van der Waals surface area contributed by atoms with Gasteiger partial charge in [-0.15, -0.1) is 0 Å². The molecule has 1 N–H and O–H groups in total. The summed E-state index contributed by atoms with van der Waals surface area (Å²) in [7, 11) is 0. The smallest absolute Gasteiger partial charge is 0.268 e. The van der Waals surface area contributed by atoms with Gasteiger partial charge in [0.05, 0.1) is 0 Å². The van der Waals surface area contributed by atoms with Crippen molar-refractivity contribution >= 4 is 0 Å². The summed E-state index contributed by atoms with van der Waals surface area (Å²) in [6.07, 6.45) is -5.42. The summed E-state index contributed by atoms with van der Waals surface area (Å²) >= 11 is 0. The molecule has 1 aromatic carbocycles. The first-order chi connectivity index (χ1) is 6.45. The molecule has 0 saturated carbocycles. The molecule has 0 bridgehead atoms. The normalized spacial score (nSPS) is 13.4. The molecule has 0 fully saturated rings. The third-order valence-electron chi connectivity index (χ3n) is 1.86. The molecule has 0 saturated heterocycles. The van der Waals surface area contributed by atoms with Gasteiger partial charge in [-0.1, -0.05) is 12.1 Å². The van der Waals surface area contributed by atoms with Gasteiger partial charge in [-0.3, -0.25) is 0 Å². The van der Waals surface area contributed by atoms with Crippen LogP contribution in [0.4, 0.5) is 17.6 Å². The molecule has 1 unspecified atom stereocenters. The lowest BCUT2D eigenvalue weighted by molar-refractivity contribution is -0.00804. The number of aryl methyl sites for hydroxylation is 1. The highest BCUT2D eigenvalue weighted by atomic mass is 19.3. The van der Waals surface area contributed by atoms with Crippen molar-refractivity contribution in [3.63, 3.8) is 0 Å². The van der Waals surface area contributed by atoms with Crippen molar-refractivity contribution < 1.29 is 22.7 Å². The van der Waals surface area contributed by atoms with Crippen LogP contribution < -0.4 is 0 Å². The molecule has 0 spiro atoms. The molecule has 1 aromatic rings. The summed E-state index contributed by atoms with van der Waals surface area (Å²) in [6.45, 7) is 1.30. The molecular formula is C9H8F4O. The first kappa shape index (κ1) is 11.0. The summed E-state index contributed by atoms with van der Waals surface area (Å²) in [5.41, 5.74) is -0.712. The average Bonchev–Trinajstić information content (AvgIpc) is 2.13. The highest BCUT2D eigenvalue weighted by molar-refractivity contribution is 5.27. The lowest BCUT2D eigenvalue weighted by atomic mass is 10.1. The molecule has 1 nitrogen and oxygen atoms in total. The molecule has 1 rings (SSSR count). The molecule has 0 heterocycles. The number of alkyl halides is 2. The van der Waals surface area contributed by atoms with E-state index in [1.54, 1.807) is 0 Å². The van der Waals surface area contributed by atoms with Crippen LogP contribution in [0.1, 0.15) is 17.2 Å². The summed E-state index contributed by atoms with van der Waals surface area (Å²) in [4.78, 5) is 0. The minimum absolute atomic E-state index is 0.00714. The lowest BCUT2D eigenvalue weighted by Crippen LogP contribution is -2.11. The predicted molar refractivity (Wildman–Crippen MR) is 42.1 cm³/mol. The van der Waals surface area contributed by atoms with Crippen LogP contribution in [-0.4, -0.2) is 11.5 Å². The quantitative estimate of drug-likeness (QED) is 0.740. The Hall–Kier alpha value is -1.10. The van der Waals surface area contributed by atoms with E-state index in [-0.39, 0.29) is 5.56 Å². The van der Waals surface area contributed by atoms with Crippen molar-refractivity contribution in [3.8, 4) is 0 Å². The van der Waals surface area contributed by atoms with E-state index >= 15 is 0 Å². The first-order valence-corrected chi connectivity index (χ1v) is 3.86. The molecule has 0 aromatic heterocycles. The van der Waals surface area contributed by atoms with Crippen LogP contribution in [0.15, 0.2) is 12.1 Å². The number of hydrogen-bond donors (Lipinski definition) is 1. The summed E-state index contributed by atoms with van der Waals surface area (Å²) < 4.78 is 49.9. The summed E-state index contributed by atoms with van der Waals surface area (Å²) in [5.74, 6) is -2.62. The second-order valence-electron chi connectivity index (χ2n) is 2.88. The van der Waals surface area contributed by atoms with Crippen LogP contribution in [0.2, 0.25) is 0 Å². The van der Waals surface area contributed by atoms with Crippen LogP contribution in [0.25, 0.3) is 0 Å². The van der Waals surface area contributed by atoms with Gasteiger partial charge < -0.3 is 5.11 Å². The molecular weight excluding hydrogens is 200 g/mol. The van der Waals surface area contributed by atoms with E-state index in [9.17, 15) is 17.6 Å². The van der Waals surface area contributed by atoms with Gasteiger partial charge in [0.25, 0.3) is 6.43 Å². The highest BCUT2D eigenvalue weighted by Gasteiger charge is 2.24. The van der Waals surface area contributed by atoms with Crippen LogP contribution in [0.3, 0.4) is 0 Å². The van der Waals surface area contributed by atoms with Crippen molar-refractivity contribution in [2.75, 3.05) is 0 Å². The third-order valence-corrected chi connectivity index (χ3v) is 1.86. The molecule has 5 heteroatoms. The minimum Gasteiger partial charge on any atom is -0.382 e. The van der Waals surface area contributed by atoms with Crippen LogP contribution in [0.5, 0.6) is 0 Å². The molecule has 0 aliphatic heterocycles. The molecule has 0 amide bonds. The van der Waals surface area contributed by atoms with Gasteiger partial charge in [0, 0.05) is 5.56 Å². The van der Waals surface area contributed by atoms with Gasteiger partial charge >= 0.3 is 0 Å². The van der Waals surface area contributed by atoms with Crippen LogP contribution in [-0.2, 0) is 0 Å². The Balaban J connectivity index is 3.17. The molecule has 0 aliphatic rings. The Kier molecular flexibility index (Phi) is 3.10. The van der Waals surface area contributed by atoms with E-state index in [1.807, 2.05) is 0 Å². The number of benzene rings is 1. The SMILES string of the molecule is Cc1ccc(C(O)C(F)F)c(F)c1F. The Morgan fingerprint density at radius 2 is 1.71 bits per heavy atom. The van der Waals surface area contributed by atoms with Crippen molar-refractivity contribution in [1.82, 2.24) is 0 Å². The van der Waals surface area contributed by atoms with Gasteiger partial charge in [-0.2, -0.15) is 0 Å². The third kappa shape index (κ3) is 1.87. The monoisotopic (exact) mass is 208 g/mol. The lowest BCUT2D eigenvalue weighted by Gasteiger charge is -2.11. The van der Waals surface area contributed by atoms with Crippen molar-refractivity contribution in [2.45, 2.75) is 19.5 Å². The van der Waals surface area contributed by atoms with Crippen LogP contribution >= 0.6 is 0 Å². The van der Waals surface area contributed by atoms with E-state index in [2.05, 4.69) is 0 Å². The van der Waals surface area contributed by atoms with Gasteiger partial charge in [0.1, 0.15) is 6.10 Å². The fourth-order valence-corrected chi connectivity index (χ4v) is 1.03. The predicted octanol–water partition coefficient (Wildman–Crippen LogP) is 2.57. The Bertz CT molecular complexity index is 338. The molecule has 14 heavy (non-hydrogen) atoms. The van der Waals surface area contributed by atoms with Gasteiger partial charge in [0.2, 0.25) is 0 Å². The van der Waals surface area contributed by atoms with Crippen molar-refractivity contribution in [3.05, 3.63) is 34.9 Å². The Morgan fingerprint density at radius 1 is 1.14 bits per heavy atom. The average molecular weight is 208 g/mol.